The molecule has 6 heteroatoms. The molecule has 25 heavy (non-hydrogen) atoms. The van der Waals surface area contributed by atoms with Crippen molar-refractivity contribution < 1.29 is 4.79 Å². The highest BCUT2D eigenvalue weighted by molar-refractivity contribution is 8.00. The van der Waals surface area contributed by atoms with Crippen molar-refractivity contribution in [3.63, 3.8) is 0 Å². The van der Waals surface area contributed by atoms with E-state index in [0.717, 1.165) is 27.9 Å². The summed E-state index contributed by atoms with van der Waals surface area (Å²) in [6.07, 6.45) is 2.50. The number of thioether (sulfide) groups is 1. The van der Waals surface area contributed by atoms with E-state index in [1.54, 1.807) is 29.3 Å². The molecule has 1 N–H and O–H groups in total. The normalized spacial score (nSPS) is 10.6. The third-order valence-corrected chi connectivity index (χ3v) is 5.78. The average molecular weight is 370 g/mol. The predicted octanol–water partition coefficient (Wildman–Crippen LogP) is 4.11. The molecule has 2 heterocycles. The summed E-state index contributed by atoms with van der Waals surface area (Å²) in [4.78, 5) is 20.9. The number of carbonyl (C=O) groups is 1. The highest BCUT2D eigenvalue weighted by Gasteiger charge is 2.06. The fourth-order valence-electron chi connectivity index (χ4n) is 2.25. The van der Waals surface area contributed by atoms with Crippen LogP contribution in [0.3, 0.4) is 0 Å². The van der Waals surface area contributed by atoms with Crippen molar-refractivity contribution in [2.75, 3.05) is 6.54 Å². The van der Waals surface area contributed by atoms with Gasteiger partial charge in [-0.3, -0.25) is 9.78 Å². The molecule has 0 aliphatic rings. The summed E-state index contributed by atoms with van der Waals surface area (Å²) in [5, 5.41) is 4.99. The number of rotatable bonds is 7. The summed E-state index contributed by atoms with van der Waals surface area (Å²) < 4.78 is 1.08. The van der Waals surface area contributed by atoms with Crippen LogP contribution in [0.2, 0.25) is 0 Å². The first-order valence-electron chi connectivity index (χ1n) is 8.03. The van der Waals surface area contributed by atoms with E-state index >= 15 is 0 Å². The molecule has 0 radical (unpaired) electrons. The van der Waals surface area contributed by atoms with Crippen LogP contribution in [0.25, 0.3) is 0 Å². The molecule has 3 aromatic rings. The largest absolute Gasteiger partial charge is 0.352 e. The number of benzene rings is 1. The first kappa shape index (κ1) is 17.6. The van der Waals surface area contributed by atoms with Gasteiger partial charge in [0.2, 0.25) is 0 Å². The van der Waals surface area contributed by atoms with Crippen LogP contribution in [0, 0.1) is 6.92 Å². The summed E-state index contributed by atoms with van der Waals surface area (Å²) in [6.45, 7) is 2.58. The lowest BCUT2D eigenvalue weighted by atomic mass is 10.1. The van der Waals surface area contributed by atoms with Gasteiger partial charge in [0.25, 0.3) is 5.91 Å². The lowest BCUT2D eigenvalue weighted by molar-refractivity contribution is 0.0954. The summed E-state index contributed by atoms with van der Waals surface area (Å²) in [5.74, 6) is 0.805. The van der Waals surface area contributed by atoms with Crippen LogP contribution in [-0.4, -0.2) is 22.4 Å². The van der Waals surface area contributed by atoms with E-state index < -0.39 is 0 Å². The third kappa shape index (κ3) is 5.41. The van der Waals surface area contributed by atoms with Crippen molar-refractivity contribution in [1.29, 1.82) is 0 Å². The third-order valence-electron chi connectivity index (χ3n) is 3.57. The van der Waals surface area contributed by atoms with Gasteiger partial charge in [-0.1, -0.05) is 30.0 Å². The Kier molecular flexibility index (Phi) is 6.19. The van der Waals surface area contributed by atoms with E-state index in [1.165, 1.54) is 5.56 Å². The van der Waals surface area contributed by atoms with Gasteiger partial charge in [-0.15, -0.1) is 11.3 Å². The fraction of sp³-hybridized carbons (Fsp3) is 0.211. The average Bonchev–Trinajstić information content (AvgIpc) is 3.06. The Morgan fingerprint density at radius 3 is 2.72 bits per heavy atom. The maximum atomic E-state index is 12.2. The molecule has 2 aromatic heterocycles. The van der Waals surface area contributed by atoms with Crippen LogP contribution in [0.15, 0.2) is 58.4 Å². The van der Waals surface area contributed by atoms with Gasteiger partial charge >= 0.3 is 0 Å². The number of aryl methyl sites for hydroxylation is 1. The van der Waals surface area contributed by atoms with Gasteiger partial charge in [0.15, 0.2) is 0 Å². The van der Waals surface area contributed by atoms with Crippen molar-refractivity contribution in [1.82, 2.24) is 15.3 Å². The Labute approximate surface area is 155 Å². The molecule has 0 saturated heterocycles. The number of hydrogen-bond donors (Lipinski definition) is 1. The van der Waals surface area contributed by atoms with E-state index in [-0.39, 0.29) is 5.91 Å². The second kappa shape index (κ2) is 8.78. The van der Waals surface area contributed by atoms with Gasteiger partial charge in [0.05, 0.1) is 0 Å². The number of nitrogens with zero attached hydrogens (tertiary/aromatic N) is 2. The summed E-state index contributed by atoms with van der Waals surface area (Å²) in [7, 11) is 0. The molecular formula is C19H19N3OS2. The van der Waals surface area contributed by atoms with E-state index in [1.807, 2.05) is 49.4 Å². The van der Waals surface area contributed by atoms with Gasteiger partial charge in [-0.25, -0.2) is 4.98 Å². The number of hydrogen-bond acceptors (Lipinski definition) is 5. The van der Waals surface area contributed by atoms with Crippen molar-refractivity contribution in [3.05, 3.63) is 76.6 Å². The van der Waals surface area contributed by atoms with E-state index in [0.29, 0.717) is 12.1 Å². The lowest BCUT2D eigenvalue weighted by Crippen LogP contribution is -2.25. The zero-order chi connectivity index (χ0) is 17.5. The molecule has 4 nitrogen and oxygen atoms in total. The van der Waals surface area contributed by atoms with Crippen molar-refractivity contribution >= 4 is 29.0 Å². The van der Waals surface area contributed by atoms with E-state index in [9.17, 15) is 4.79 Å². The highest BCUT2D eigenvalue weighted by Crippen LogP contribution is 2.26. The second-order valence-corrected chi connectivity index (χ2v) is 7.65. The van der Waals surface area contributed by atoms with Gasteiger partial charge in [-0.2, -0.15) is 0 Å². The Morgan fingerprint density at radius 1 is 1.20 bits per heavy atom. The Morgan fingerprint density at radius 2 is 2.04 bits per heavy atom. The smallest absolute Gasteiger partial charge is 0.251 e. The van der Waals surface area contributed by atoms with Crippen LogP contribution < -0.4 is 5.32 Å². The van der Waals surface area contributed by atoms with Crippen LogP contribution in [0.1, 0.15) is 27.3 Å². The zero-order valence-corrected chi connectivity index (χ0v) is 15.6. The minimum Gasteiger partial charge on any atom is -0.352 e. The number of aromatic nitrogens is 2. The Bertz CT molecular complexity index is 816. The topological polar surface area (TPSA) is 54.9 Å². The van der Waals surface area contributed by atoms with E-state index in [4.69, 9.17) is 0 Å². The SMILES string of the molecule is Cc1csc(SCc2ccc(C(=O)NCCc3ccccn3)cc2)n1. The summed E-state index contributed by atoms with van der Waals surface area (Å²) in [5.41, 5.74) is 3.90. The summed E-state index contributed by atoms with van der Waals surface area (Å²) >= 11 is 3.39. The van der Waals surface area contributed by atoms with Crippen molar-refractivity contribution in [2.24, 2.45) is 0 Å². The standard InChI is InChI=1S/C19H19N3OS2/c1-14-12-24-19(22-14)25-13-15-5-7-16(8-6-15)18(23)21-11-9-17-4-2-3-10-20-17/h2-8,10,12H,9,11,13H2,1H3,(H,21,23). The summed E-state index contributed by atoms with van der Waals surface area (Å²) in [6, 6.07) is 13.6. The van der Waals surface area contributed by atoms with Crippen LogP contribution >= 0.6 is 23.1 Å². The van der Waals surface area contributed by atoms with Gasteiger partial charge in [0.1, 0.15) is 4.34 Å². The maximum Gasteiger partial charge on any atom is 0.251 e. The molecule has 3 rings (SSSR count). The molecule has 0 atom stereocenters. The maximum absolute atomic E-state index is 12.2. The number of amides is 1. The van der Waals surface area contributed by atoms with Gasteiger partial charge < -0.3 is 5.32 Å². The molecule has 1 aromatic carbocycles. The molecule has 1 amide bonds. The van der Waals surface area contributed by atoms with Crippen molar-refractivity contribution in [3.8, 4) is 0 Å². The molecule has 0 unspecified atom stereocenters. The molecule has 128 valence electrons. The molecular weight excluding hydrogens is 350 g/mol. The van der Waals surface area contributed by atoms with Gasteiger partial charge in [-0.05, 0) is 36.8 Å². The molecule has 0 saturated carbocycles. The molecule has 0 spiro atoms. The molecule has 0 aliphatic heterocycles. The van der Waals surface area contributed by atoms with Crippen LogP contribution in [0.5, 0.6) is 0 Å². The van der Waals surface area contributed by atoms with Crippen molar-refractivity contribution in [2.45, 2.75) is 23.4 Å². The molecule has 0 bridgehead atoms. The monoisotopic (exact) mass is 369 g/mol. The number of nitrogens with one attached hydrogen (secondary N) is 1. The quantitative estimate of drug-likeness (QED) is 0.637. The predicted molar refractivity (Wildman–Crippen MR) is 103 cm³/mol. The minimum atomic E-state index is -0.0503. The number of pyridine rings is 1. The number of thiazole rings is 1. The van der Waals surface area contributed by atoms with Crippen LogP contribution in [0.4, 0.5) is 0 Å². The highest BCUT2D eigenvalue weighted by atomic mass is 32.2. The lowest BCUT2D eigenvalue weighted by Gasteiger charge is -2.06. The minimum absolute atomic E-state index is 0.0503. The van der Waals surface area contributed by atoms with Gasteiger partial charge in [0, 0.05) is 47.2 Å². The van der Waals surface area contributed by atoms with Crippen LogP contribution in [-0.2, 0) is 12.2 Å². The zero-order valence-electron chi connectivity index (χ0n) is 13.9. The number of carbonyl (C=O) groups excluding carboxylic acids is 1. The molecule has 0 fully saturated rings. The molecule has 0 aliphatic carbocycles. The first-order chi connectivity index (χ1) is 12.2. The fourth-order valence-corrected chi connectivity index (χ4v) is 4.05. The second-order valence-electron chi connectivity index (χ2n) is 5.57. The Hall–Kier alpha value is -2.18. The Balaban J connectivity index is 1.46. The first-order valence-corrected chi connectivity index (χ1v) is 9.89. The van der Waals surface area contributed by atoms with E-state index in [2.05, 4.69) is 20.7 Å².